The summed E-state index contributed by atoms with van der Waals surface area (Å²) in [5.41, 5.74) is 1.98. The van der Waals surface area contributed by atoms with Gasteiger partial charge >= 0.3 is 29.6 Å². The normalized spacial score (nSPS) is 9.50. The second kappa shape index (κ2) is 5.75. The number of rotatable bonds is 2. The van der Waals surface area contributed by atoms with Crippen LogP contribution in [0, 0.1) is 6.92 Å². The Labute approximate surface area is 96.2 Å². The molecule has 0 aromatic heterocycles. The van der Waals surface area contributed by atoms with Gasteiger partial charge in [0.1, 0.15) is 0 Å². The summed E-state index contributed by atoms with van der Waals surface area (Å²) >= 11 is 0. The van der Waals surface area contributed by atoms with Gasteiger partial charge in [-0.1, -0.05) is 46.1 Å². The molecule has 0 atom stereocenters. The summed E-state index contributed by atoms with van der Waals surface area (Å²) in [6.45, 7) is 1.97. The molecule has 0 unspecified atom stereocenters. The molecule has 0 radical (unpaired) electrons. The first kappa shape index (κ1) is 12.2. The van der Waals surface area contributed by atoms with Crippen molar-refractivity contribution in [2.24, 2.45) is 0 Å². The summed E-state index contributed by atoms with van der Waals surface area (Å²) in [6.07, 6.45) is 0. The molecule has 0 saturated heterocycles. The molecule has 0 aliphatic rings. The molecule has 0 amide bonds. The maximum Gasteiger partial charge on any atom is 1.00 e. The van der Waals surface area contributed by atoms with Crippen LogP contribution in [0.15, 0.2) is 24.3 Å². The van der Waals surface area contributed by atoms with E-state index < -0.39 is 10.7 Å². The molecule has 0 fully saturated rings. The van der Waals surface area contributed by atoms with Crippen LogP contribution in [0.5, 0.6) is 0 Å². The van der Waals surface area contributed by atoms with Gasteiger partial charge in [0, 0.05) is 0 Å². The zero-order valence-corrected chi connectivity index (χ0v) is 10.1. The van der Waals surface area contributed by atoms with Crippen molar-refractivity contribution in [3.05, 3.63) is 35.4 Å². The number of hydrogen-bond donors (Lipinski definition) is 0. The minimum absolute atomic E-state index is 0. The third kappa shape index (κ3) is 4.26. The summed E-state index contributed by atoms with van der Waals surface area (Å²) in [6, 6.07) is 7.46. The van der Waals surface area contributed by atoms with Crippen molar-refractivity contribution in [1.29, 1.82) is 0 Å². The van der Waals surface area contributed by atoms with E-state index in [1.54, 1.807) is 0 Å². The Morgan fingerprint density at radius 2 is 1.67 bits per heavy atom. The molecule has 12 heavy (non-hydrogen) atoms. The Hall–Kier alpha value is 0.170. The van der Waals surface area contributed by atoms with Crippen LogP contribution in [0.1, 0.15) is 11.1 Å². The fourth-order valence-corrected chi connectivity index (χ4v) is 1.29. The van der Waals surface area contributed by atoms with Gasteiger partial charge in [0.05, 0.1) is 0 Å². The molecule has 0 spiro atoms. The number of aryl methyl sites for hydroxylation is 1. The van der Waals surface area contributed by atoms with Crippen LogP contribution in [0.2, 0.25) is 0 Å². The van der Waals surface area contributed by atoms with Gasteiger partial charge in [0.2, 0.25) is 0 Å². The Morgan fingerprint density at radius 3 is 2.08 bits per heavy atom. The van der Waals surface area contributed by atoms with Crippen LogP contribution < -0.4 is 29.6 Å². The second-order valence-corrected chi connectivity index (χ2v) is 3.33. The Balaban J connectivity index is 0.00000121. The van der Waals surface area contributed by atoms with E-state index in [1.807, 2.05) is 31.2 Å². The van der Waals surface area contributed by atoms with Gasteiger partial charge in [-0.2, -0.15) is 0 Å². The van der Waals surface area contributed by atoms with Crippen molar-refractivity contribution in [3.8, 4) is 0 Å². The molecule has 1 rings (SSSR count). The van der Waals surface area contributed by atoms with Crippen molar-refractivity contribution in [3.63, 3.8) is 0 Å². The molecule has 1 aromatic rings. The minimum atomic E-state index is -1.97. The van der Waals surface area contributed by atoms with Crippen LogP contribution in [0.4, 0.5) is 0 Å². The SMILES string of the molecule is Cc1ccc(C[S-](=O)=O)cc1.[Na+]. The van der Waals surface area contributed by atoms with E-state index in [0.717, 1.165) is 11.1 Å². The van der Waals surface area contributed by atoms with E-state index in [0.29, 0.717) is 0 Å². The largest absolute Gasteiger partial charge is 1.00 e. The van der Waals surface area contributed by atoms with E-state index in [9.17, 15) is 8.42 Å². The van der Waals surface area contributed by atoms with E-state index in [1.165, 1.54) is 0 Å². The van der Waals surface area contributed by atoms with Crippen LogP contribution in [0.25, 0.3) is 0 Å². The number of benzene rings is 1. The topological polar surface area (TPSA) is 34.1 Å². The smallest absolute Gasteiger partial charge is 0.424 e. The number of hydrogen-bond acceptors (Lipinski definition) is 3. The summed E-state index contributed by atoms with van der Waals surface area (Å²) < 4.78 is 20.5. The molecule has 0 N–H and O–H groups in total. The van der Waals surface area contributed by atoms with Crippen LogP contribution >= 0.6 is 0 Å². The monoisotopic (exact) mass is 192 g/mol. The molecule has 0 aliphatic carbocycles. The maximum atomic E-state index is 10.3. The van der Waals surface area contributed by atoms with Crippen molar-refractivity contribution >= 4 is 10.7 Å². The molecule has 2 nitrogen and oxygen atoms in total. The van der Waals surface area contributed by atoms with E-state index in [-0.39, 0.29) is 35.3 Å². The van der Waals surface area contributed by atoms with Crippen molar-refractivity contribution in [2.75, 3.05) is 0 Å². The summed E-state index contributed by atoms with van der Waals surface area (Å²) in [7, 11) is -1.97. The molecule has 0 heterocycles. The van der Waals surface area contributed by atoms with Gasteiger partial charge in [-0.25, -0.2) is 0 Å². The Morgan fingerprint density at radius 1 is 1.17 bits per heavy atom. The molecule has 0 bridgehead atoms. The van der Waals surface area contributed by atoms with Crippen LogP contribution in [-0.4, -0.2) is 0 Å². The van der Waals surface area contributed by atoms with Gasteiger partial charge in [-0.05, 0) is 12.7 Å². The predicted molar refractivity (Wildman–Crippen MR) is 43.6 cm³/mol. The molecular weight excluding hydrogens is 183 g/mol. The van der Waals surface area contributed by atoms with E-state index in [4.69, 9.17) is 0 Å². The fourth-order valence-electron chi connectivity index (χ4n) is 0.820. The summed E-state index contributed by atoms with van der Waals surface area (Å²) in [5.74, 6) is 0.111. The molecule has 0 saturated carbocycles. The first-order chi connectivity index (χ1) is 5.18. The van der Waals surface area contributed by atoms with E-state index in [2.05, 4.69) is 0 Å². The molecule has 4 heteroatoms. The molecule has 60 valence electrons. The molecule has 1 aromatic carbocycles. The summed E-state index contributed by atoms with van der Waals surface area (Å²) in [4.78, 5) is 0. The zero-order valence-electron chi connectivity index (χ0n) is 7.24. The third-order valence-electron chi connectivity index (χ3n) is 1.41. The zero-order chi connectivity index (χ0) is 8.27. The Bertz CT molecular complexity index is 295. The third-order valence-corrected chi connectivity index (χ3v) is 1.97. The van der Waals surface area contributed by atoms with Gasteiger partial charge in [-0.15, -0.1) is 0 Å². The fraction of sp³-hybridized carbons (Fsp3) is 0.250. The van der Waals surface area contributed by atoms with Crippen molar-refractivity contribution < 1.29 is 38.0 Å². The molecule has 0 aliphatic heterocycles. The predicted octanol–water partition coefficient (Wildman–Crippen LogP) is -1.19. The van der Waals surface area contributed by atoms with Crippen LogP contribution in [-0.2, 0) is 24.9 Å². The minimum Gasteiger partial charge on any atom is -0.424 e. The average Bonchev–Trinajstić information content (AvgIpc) is 1.93. The first-order valence-corrected chi connectivity index (χ1v) is 4.54. The van der Waals surface area contributed by atoms with Crippen molar-refractivity contribution in [2.45, 2.75) is 12.7 Å². The Kier molecular flexibility index (Phi) is 5.84. The first-order valence-electron chi connectivity index (χ1n) is 3.30. The average molecular weight is 192 g/mol. The second-order valence-electron chi connectivity index (χ2n) is 2.43. The maximum absolute atomic E-state index is 10.3. The van der Waals surface area contributed by atoms with Gasteiger partial charge in [-0.3, -0.25) is 0 Å². The van der Waals surface area contributed by atoms with E-state index >= 15 is 0 Å². The van der Waals surface area contributed by atoms with Gasteiger partial charge < -0.3 is 8.42 Å². The molecular formula is C8H9NaO2S. The quantitative estimate of drug-likeness (QED) is 0.436. The van der Waals surface area contributed by atoms with Gasteiger partial charge in [0.15, 0.2) is 0 Å². The van der Waals surface area contributed by atoms with Crippen LogP contribution in [0.3, 0.4) is 0 Å². The van der Waals surface area contributed by atoms with Crippen molar-refractivity contribution in [1.82, 2.24) is 0 Å². The van der Waals surface area contributed by atoms with Gasteiger partial charge in [0.25, 0.3) is 0 Å². The summed E-state index contributed by atoms with van der Waals surface area (Å²) in [5, 5.41) is 0. The standard InChI is InChI=1S/C8H9O2S.Na/c1-7-2-4-8(5-3-7)6-11(9)10;/h2-5H,6H2,1H3;/q-1;+1.